The number of fused-ring (bicyclic) bond motifs is 2. The molecular formula is C20H19N3O3. The highest BCUT2D eigenvalue weighted by atomic mass is 16.5. The molecule has 4 rings (SSSR count). The van der Waals surface area contributed by atoms with Gasteiger partial charge in [-0.2, -0.15) is 0 Å². The van der Waals surface area contributed by atoms with E-state index in [1.165, 1.54) is 0 Å². The van der Waals surface area contributed by atoms with Crippen LogP contribution in [0.4, 0.5) is 5.69 Å². The predicted octanol–water partition coefficient (Wildman–Crippen LogP) is 3.93. The van der Waals surface area contributed by atoms with Crippen LogP contribution in [0.3, 0.4) is 0 Å². The molecule has 0 saturated heterocycles. The molecule has 4 aromatic rings. The number of amides is 1. The quantitative estimate of drug-likeness (QED) is 0.586. The van der Waals surface area contributed by atoms with E-state index in [-0.39, 0.29) is 5.91 Å². The minimum absolute atomic E-state index is 0.193. The van der Waals surface area contributed by atoms with Gasteiger partial charge in [-0.15, -0.1) is 0 Å². The molecule has 132 valence electrons. The molecule has 0 radical (unpaired) electrons. The number of carbonyl (C=O) groups is 1. The van der Waals surface area contributed by atoms with Gasteiger partial charge in [0.2, 0.25) is 0 Å². The third-order valence-electron chi connectivity index (χ3n) is 4.63. The van der Waals surface area contributed by atoms with Crippen LogP contribution < -0.4 is 14.8 Å². The number of aromatic nitrogens is 2. The zero-order chi connectivity index (χ0) is 18.3. The van der Waals surface area contributed by atoms with Crippen molar-refractivity contribution in [3.8, 4) is 11.5 Å². The molecule has 0 spiro atoms. The highest BCUT2D eigenvalue weighted by molar-refractivity contribution is 6.11. The van der Waals surface area contributed by atoms with E-state index < -0.39 is 0 Å². The number of carbonyl (C=O) groups excluding carboxylic acids is 1. The summed E-state index contributed by atoms with van der Waals surface area (Å²) in [5.41, 5.74) is 3.08. The zero-order valence-electron chi connectivity index (χ0n) is 14.8. The maximum atomic E-state index is 12.9. The van der Waals surface area contributed by atoms with Crippen LogP contribution in [0.2, 0.25) is 0 Å². The van der Waals surface area contributed by atoms with Gasteiger partial charge < -0.3 is 24.3 Å². The van der Waals surface area contributed by atoms with Crippen LogP contribution in [-0.2, 0) is 7.05 Å². The van der Waals surface area contributed by atoms with Crippen molar-refractivity contribution in [2.75, 3.05) is 19.5 Å². The van der Waals surface area contributed by atoms with Gasteiger partial charge >= 0.3 is 0 Å². The highest BCUT2D eigenvalue weighted by Crippen LogP contribution is 2.35. The summed E-state index contributed by atoms with van der Waals surface area (Å²) in [5.74, 6) is 1.19. The summed E-state index contributed by atoms with van der Waals surface area (Å²) in [6.45, 7) is 0. The maximum Gasteiger partial charge on any atom is 0.272 e. The van der Waals surface area contributed by atoms with Gasteiger partial charge in [-0.3, -0.25) is 4.79 Å². The average Bonchev–Trinajstić information content (AvgIpc) is 3.27. The van der Waals surface area contributed by atoms with Crippen molar-refractivity contribution in [3.63, 3.8) is 0 Å². The molecule has 0 aliphatic carbocycles. The molecule has 0 fully saturated rings. The molecule has 6 heteroatoms. The number of H-pyrrole nitrogens is 1. The summed E-state index contributed by atoms with van der Waals surface area (Å²) in [4.78, 5) is 16.1. The summed E-state index contributed by atoms with van der Waals surface area (Å²) in [6, 6.07) is 13.2. The molecule has 2 aromatic heterocycles. The largest absolute Gasteiger partial charge is 0.496 e. The number of methoxy groups -OCH3 is 2. The maximum absolute atomic E-state index is 12.9. The van der Waals surface area contributed by atoms with Crippen molar-refractivity contribution in [3.05, 3.63) is 54.4 Å². The number of benzene rings is 2. The Hall–Kier alpha value is -3.41. The lowest BCUT2D eigenvalue weighted by Crippen LogP contribution is -2.15. The predicted molar refractivity (Wildman–Crippen MR) is 102 cm³/mol. The van der Waals surface area contributed by atoms with E-state index in [0.717, 1.165) is 27.5 Å². The van der Waals surface area contributed by atoms with Gasteiger partial charge in [-0.1, -0.05) is 6.07 Å². The van der Waals surface area contributed by atoms with Crippen LogP contribution in [0.15, 0.2) is 48.7 Å². The lowest BCUT2D eigenvalue weighted by Gasteiger charge is -2.10. The van der Waals surface area contributed by atoms with Gasteiger partial charge in [0.1, 0.15) is 17.2 Å². The Morgan fingerprint density at radius 2 is 1.81 bits per heavy atom. The first kappa shape index (κ1) is 16.1. The third-order valence-corrected chi connectivity index (χ3v) is 4.63. The number of rotatable bonds is 4. The average molecular weight is 349 g/mol. The molecule has 1 amide bonds. The van der Waals surface area contributed by atoms with Crippen molar-refractivity contribution in [2.45, 2.75) is 0 Å². The second kappa shape index (κ2) is 6.15. The van der Waals surface area contributed by atoms with Crippen LogP contribution in [0.5, 0.6) is 11.5 Å². The minimum Gasteiger partial charge on any atom is -0.496 e. The Morgan fingerprint density at radius 3 is 2.58 bits per heavy atom. The van der Waals surface area contributed by atoms with Crippen molar-refractivity contribution in [1.29, 1.82) is 0 Å². The molecule has 0 bridgehead atoms. The number of anilines is 1. The van der Waals surface area contributed by atoms with Crippen molar-refractivity contribution in [2.24, 2.45) is 7.05 Å². The summed E-state index contributed by atoms with van der Waals surface area (Å²) < 4.78 is 12.7. The Labute approximate surface area is 150 Å². The van der Waals surface area contributed by atoms with Crippen molar-refractivity contribution >= 4 is 33.4 Å². The second-order valence-electron chi connectivity index (χ2n) is 6.02. The van der Waals surface area contributed by atoms with Gasteiger partial charge in [-0.05, 0) is 36.4 Å². The van der Waals surface area contributed by atoms with Crippen LogP contribution in [0.1, 0.15) is 10.5 Å². The molecule has 2 N–H and O–H groups in total. The number of ether oxygens (including phenoxy) is 2. The molecule has 2 heterocycles. The van der Waals surface area contributed by atoms with Crippen LogP contribution in [-0.4, -0.2) is 29.7 Å². The molecule has 0 aliphatic rings. The third kappa shape index (κ3) is 2.38. The molecule has 26 heavy (non-hydrogen) atoms. The SMILES string of the molecule is COc1ccc(OC)c2c1cc(C(=O)Nc1cccc3[nH]ccc13)n2C. The van der Waals surface area contributed by atoms with Crippen LogP contribution in [0.25, 0.3) is 21.8 Å². The smallest absolute Gasteiger partial charge is 0.272 e. The zero-order valence-corrected chi connectivity index (χ0v) is 14.8. The summed E-state index contributed by atoms with van der Waals surface area (Å²) >= 11 is 0. The van der Waals surface area contributed by atoms with Gasteiger partial charge in [0.05, 0.1) is 25.4 Å². The first-order valence-corrected chi connectivity index (χ1v) is 8.22. The molecule has 2 aromatic carbocycles. The van der Waals surface area contributed by atoms with Gasteiger partial charge in [0.25, 0.3) is 5.91 Å². The highest BCUT2D eigenvalue weighted by Gasteiger charge is 2.19. The topological polar surface area (TPSA) is 68.3 Å². The molecule has 0 aliphatic heterocycles. The molecule has 6 nitrogen and oxygen atoms in total. The normalized spacial score (nSPS) is 11.0. The second-order valence-corrected chi connectivity index (χ2v) is 6.02. The van der Waals surface area contributed by atoms with Gasteiger partial charge in [0.15, 0.2) is 0 Å². The fraction of sp³-hybridized carbons (Fsp3) is 0.150. The van der Waals surface area contributed by atoms with Gasteiger partial charge in [-0.25, -0.2) is 0 Å². The summed E-state index contributed by atoms with van der Waals surface area (Å²) in [5, 5.41) is 4.80. The summed E-state index contributed by atoms with van der Waals surface area (Å²) in [6.07, 6.45) is 1.85. The lowest BCUT2D eigenvalue weighted by molar-refractivity contribution is 0.102. The van der Waals surface area contributed by atoms with E-state index >= 15 is 0 Å². The van der Waals surface area contributed by atoms with E-state index in [4.69, 9.17) is 9.47 Å². The first-order chi connectivity index (χ1) is 12.6. The van der Waals surface area contributed by atoms with E-state index in [2.05, 4.69) is 10.3 Å². The minimum atomic E-state index is -0.193. The number of nitrogens with zero attached hydrogens (tertiary/aromatic N) is 1. The number of aromatic amines is 1. The first-order valence-electron chi connectivity index (χ1n) is 8.22. The molecule has 0 saturated carbocycles. The number of aryl methyl sites for hydroxylation is 1. The summed E-state index contributed by atoms with van der Waals surface area (Å²) in [7, 11) is 5.07. The Morgan fingerprint density at radius 1 is 1.04 bits per heavy atom. The fourth-order valence-corrected chi connectivity index (χ4v) is 3.35. The van der Waals surface area contributed by atoms with E-state index in [1.807, 2.05) is 60.3 Å². The molecule has 0 unspecified atom stereocenters. The van der Waals surface area contributed by atoms with E-state index in [1.54, 1.807) is 14.2 Å². The monoisotopic (exact) mass is 349 g/mol. The van der Waals surface area contributed by atoms with Crippen molar-refractivity contribution < 1.29 is 14.3 Å². The Kier molecular flexibility index (Phi) is 3.80. The molecular weight excluding hydrogens is 330 g/mol. The Bertz CT molecular complexity index is 1120. The number of hydrogen-bond acceptors (Lipinski definition) is 3. The number of nitrogens with one attached hydrogen (secondary N) is 2. The fourth-order valence-electron chi connectivity index (χ4n) is 3.35. The lowest BCUT2D eigenvalue weighted by atomic mass is 10.2. The standard InChI is InChI=1S/C20H19N3O3/c1-23-16(11-13-17(25-2)7-8-18(26-3)19(13)23)20(24)22-15-6-4-5-14-12(15)9-10-21-14/h4-11,21H,1-3H3,(H,22,24). The van der Waals surface area contributed by atoms with Crippen LogP contribution in [0, 0.1) is 0 Å². The molecule has 0 atom stereocenters. The Balaban J connectivity index is 1.80. The van der Waals surface area contributed by atoms with E-state index in [9.17, 15) is 4.79 Å². The number of hydrogen-bond donors (Lipinski definition) is 2. The van der Waals surface area contributed by atoms with E-state index in [0.29, 0.717) is 17.2 Å². The van der Waals surface area contributed by atoms with Crippen LogP contribution >= 0.6 is 0 Å². The van der Waals surface area contributed by atoms with Crippen molar-refractivity contribution in [1.82, 2.24) is 9.55 Å². The van der Waals surface area contributed by atoms with Gasteiger partial charge in [0, 0.05) is 29.5 Å².